The fourth-order valence-electron chi connectivity index (χ4n) is 3.00. The number of fused-ring (bicyclic) bond motifs is 1. The van der Waals surface area contributed by atoms with Gasteiger partial charge in [-0.3, -0.25) is 19.2 Å². The van der Waals surface area contributed by atoms with E-state index in [0.29, 0.717) is 0 Å². The summed E-state index contributed by atoms with van der Waals surface area (Å²) in [5.41, 5.74) is 0.0823. The van der Waals surface area contributed by atoms with Gasteiger partial charge in [-0.25, -0.2) is 4.79 Å². The van der Waals surface area contributed by atoms with Gasteiger partial charge < -0.3 is 31.1 Å². The topological polar surface area (TPSA) is 163 Å². The van der Waals surface area contributed by atoms with Gasteiger partial charge in [0.2, 0.25) is 17.7 Å². The van der Waals surface area contributed by atoms with Crippen LogP contribution in [0.2, 0.25) is 0 Å². The highest BCUT2D eigenvalue weighted by molar-refractivity contribution is 6.00. The molecule has 11 nitrogen and oxygen atoms in total. The first-order chi connectivity index (χ1) is 15.1. The smallest absolute Gasteiger partial charge is 0.326 e. The molecule has 0 fully saturated rings. The first-order valence-electron chi connectivity index (χ1n) is 10.2. The van der Waals surface area contributed by atoms with E-state index in [1.807, 2.05) is 0 Å². The van der Waals surface area contributed by atoms with Crippen molar-refractivity contribution in [2.45, 2.75) is 45.3 Å². The fourth-order valence-corrected chi connectivity index (χ4v) is 3.00. The maximum atomic E-state index is 12.7. The van der Waals surface area contributed by atoms with Crippen molar-refractivity contribution in [3.8, 4) is 5.75 Å². The summed E-state index contributed by atoms with van der Waals surface area (Å²) in [6.45, 7) is 4.80. The Morgan fingerprint density at radius 1 is 1.06 bits per heavy atom. The zero-order valence-electron chi connectivity index (χ0n) is 18.1. The zero-order chi connectivity index (χ0) is 23.8. The van der Waals surface area contributed by atoms with Crippen LogP contribution in [-0.2, 0) is 19.2 Å². The molecule has 1 aliphatic heterocycles. The zero-order valence-corrected chi connectivity index (χ0v) is 18.1. The molecule has 2 rings (SSSR count). The molecule has 0 aromatic heterocycles. The van der Waals surface area contributed by atoms with Crippen LogP contribution in [0.25, 0.3) is 0 Å². The van der Waals surface area contributed by atoms with Gasteiger partial charge in [-0.05, 0) is 25.0 Å². The van der Waals surface area contributed by atoms with Crippen molar-refractivity contribution < 1.29 is 33.8 Å². The third-order valence-corrected chi connectivity index (χ3v) is 4.71. The van der Waals surface area contributed by atoms with Gasteiger partial charge in [-0.2, -0.15) is 0 Å². The summed E-state index contributed by atoms with van der Waals surface area (Å²) in [4.78, 5) is 61.2. The Morgan fingerprint density at radius 3 is 2.41 bits per heavy atom. The van der Waals surface area contributed by atoms with Gasteiger partial charge in [0, 0.05) is 0 Å². The second-order valence-corrected chi connectivity index (χ2v) is 7.85. The van der Waals surface area contributed by atoms with E-state index in [1.165, 1.54) is 12.1 Å². The summed E-state index contributed by atoms with van der Waals surface area (Å²) in [5.74, 6) is -3.96. The van der Waals surface area contributed by atoms with Crippen molar-refractivity contribution in [1.82, 2.24) is 21.3 Å². The monoisotopic (exact) mass is 448 g/mol. The number of ether oxygens (including phenoxy) is 1. The predicted octanol–water partition coefficient (Wildman–Crippen LogP) is -0.586. The Bertz CT molecular complexity index is 887. The Labute approximate surface area is 185 Å². The van der Waals surface area contributed by atoms with Crippen molar-refractivity contribution in [2.24, 2.45) is 5.92 Å². The van der Waals surface area contributed by atoms with Crippen LogP contribution in [0, 0.1) is 5.92 Å². The van der Waals surface area contributed by atoms with Crippen LogP contribution < -0.4 is 26.0 Å². The van der Waals surface area contributed by atoms with Crippen LogP contribution in [0.15, 0.2) is 24.3 Å². The van der Waals surface area contributed by atoms with E-state index in [2.05, 4.69) is 21.3 Å². The highest BCUT2D eigenvalue weighted by atomic mass is 16.5. The normalized spacial score (nSPS) is 23.6. The second kappa shape index (κ2) is 11.1. The molecule has 1 aromatic carbocycles. The number of rotatable bonds is 2. The maximum absolute atomic E-state index is 12.7. The molecule has 0 radical (unpaired) electrons. The number of amides is 4. The molecule has 1 heterocycles. The molecule has 3 atom stereocenters. The summed E-state index contributed by atoms with van der Waals surface area (Å²) in [6.07, 6.45) is -0.581. The molecule has 0 spiro atoms. The first kappa shape index (κ1) is 24.6. The summed E-state index contributed by atoms with van der Waals surface area (Å²) < 4.78 is 5.69. The predicted molar refractivity (Wildman–Crippen MR) is 113 cm³/mol. The highest BCUT2D eigenvalue weighted by Crippen LogP contribution is 2.18. The van der Waals surface area contributed by atoms with Gasteiger partial charge in [-0.1, -0.05) is 26.0 Å². The Hall–Kier alpha value is -3.63. The van der Waals surface area contributed by atoms with E-state index in [9.17, 15) is 29.1 Å². The van der Waals surface area contributed by atoms with Crippen molar-refractivity contribution in [2.75, 3.05) is 13.2 Å². The lowest BCUT2D eigenvalue weighted by Crippen LogP contribution is -2.54. The van der Waals surface area contributed by atoms with E-state index in [4.69, 9.17) is 4.74 Å². The lowest BCUT2D eigenvalue weighted by Gasteiger charge is -2.24. The molecule has 0 bridgehead atoms. The highest BCUT2D eigenvalue weighted by Gasteiger charge is 2.28. The number of benzene rings is 1. The number of hydrogen-bond acceptors (Lipinski definition) is 6. The van der Waals surface area contributed by atoms with E-state index in [0.717, 1.165) is 0 Å². The summed E-state index contributed by atoms with van der Waals surface area (Å²) >= 11 is 0. The van der Waals surface area contributed by atoms with E-state index in [1.54, 1.807) is 32.9 Å². The quantitative estimate of drug-likeness (QED) is 0.404. The molecule has 0 saturated carbocycles. The number of hydrogen-bond donors (Lipinski definition) is 5. The number of carboxylic acid groups (broad SMARTS) is 1. The molecule has 0 aliphatic carbocycles. The lowest BCUT2D eigenvalue weighted by molar-refractivity contribution is -0.141. The van der Waals surface area contributed by atoms with Crippen LogP contribution >= 0.6 is 0 Å². The Morgan fingerprint density at radius 2 is 1.75 bits per heavy atom. The number of carbonyl (C=O) groups is 5. The minimum Gasteiger partial charge on any atom is -0.491 e. The van der Waals surface area contributed by atoms with Crippen molar-refractivity contribution in [1.29, 1.82) is 0 Å². The van der Waals surface area contributed by atoms with Crippen LogP contribution in [0.3, 0.4) is 0 Å². The molecule has 0 unspecified atom stereocenters. The molecule has 1 aliphatic rings. The van der Waals surface area contributed by atoms with Gasteiger partial charge in [-0.15, -0.1) is 0 Å². The standard InChI is InChI=1S/C21H28N4O7/c1-11(2)18-20(29)23-12(3)10-32-15-7-5-4-6-13(15)19(28)24-14(21(30)31)8-16(26)22-9-17(27)25-18/h4-7,11-12,14,18H,8-10H2,1-3H3,(H,22,26)(H,23,29)(H,24,28)(H,25,27)(H,30,31)/t12-,14-,18+/m0/s1. The van der Waals surface area contributed by atoms with Crippen molar-refractivity contribution >= 4 is 29.6 Å². The largest absolute Gasteiger partial charge is 0.491 e. The minimum atomic E-state index is -1.51. The average Bonchev–Trinajstić information content (AvgIpc) is 2.73. The van der Waals surface area contributed by atoms with Gasteiger partial charge in [0.05, 0.1) is 24.6 Å². The summed E-state index contributed by atoms with van der Waals surface area (Å²) in [7, 11) is 0. The number of aliphatic carboxylic acids is 1. The van der Waals surface area contributed by atoms with Gasteiger partial charge in [0.25, 0.3) is 5.91 Å². The van der Waals surface area contributed by atoms with E-state index >= 15 is 0 Å². The average molecular weight is 448 g/mol. The second-order valence-electron chi connectivity index (χ2n) is 7.85. The fraction of sp³-hybridized carbons (Fsp3) is 0.476. The molecular weight excluding hydrogens is 420 g/mol. The molecule has 174 valence electrons. The first-order valence-corrected chi connectivity index (χ1v) is 10.2. The molecular formula is C21H28N4O7. The van der Waals surface area contributed by atoms with Gasteiger partial charge >= 0.3 is 5.97 Å². The molecule has 0 saturated heterocycles. The minimum absolute atomic E-state index is 0.0250. The SMILES string of the molecule is CC(C)[C@H]1NC(=O)CNC(=O)C[C@@H](C(=O)O)NC(=O)c2ccccc2OC[C@H](C)NC1=O. The van der Waals surface area contributed by atoms with Gasteiger partial charge in [0.1, 0.15) is 24.4 Å². The molecule has 5 N–H and O–H groups in total. The summed E-state index contributed by atoms with van der Waals surface area (Å²) in [6, 6.07) is 3.40. The van der Waals surface area contributed by atoms with E-state index < -0.39 is 60.7 Å². The summed E-state index contributed by atoms with van der Waals surface area (Å²) in [5, 5.41) is 19.3. The lowest BCUT2D eigenvalue weighted by atomic mass is 10.0. The number of carboxylic acids is 1. The molecule has 4 amide bonds. The maximum Gasteiger partial charge on any atom is 0.326 e. The Kier molecular flexibility index (Phi) is 8.56. The number of para-hydroxylation sites is 1. The Balaban J connectivity index is 2.32. The molecule has 32 heavy (non-hydrogen) atoms. The van der Waals surface area contributed by atoms with Crippen molar-refractivity contribution in [3.63, 3.8) is 0 Å². The van der Waals surface area contributed by atoms with Crippen LogP contribution in [0.1, 0.15) is 37.6 Å². The number of carbonyl (C=O) groups excluding carboxylic acids is 4. The molecule has 1 aromatic rings. The third-order valence-electron chi connectivity index (χ3n) is 4.71. The van der Waals surface area contributed by atoms with Crippen molar-refractivity contribution in [3.05, 3.63) is 29.8 Å². The third kappa shape index (κ3) is 6.96. The number of nitrogens with one attached hydrogen (secondary N) is 4. The molecule has 11 heteroatoms. The van der Waals surface area contributed by atoms with Crippen LogP contribution in [0.5, 0.6) is 5.75 Å². The van der Waals surface area contributed by atoms with E-state index in [-0.39, 0.29) is 23.8 Å². The van der Waals surface area contributed by atoms with Crippen LogP contribution in [0.4, 0.5) is 0 Å². The van der Waals surface area contributed by atoms with Crippen LogP contribution in [-0.4, -0.2) is 66.0 Å². The van der Waals surface area contributed by atoms with Gasteiger partial charge in [0.15, 0.2) is 0 Å².